The van der Waals surface area contributed by atoms with E-state index in [1.807, 2.05) is 30.3 Å². The zero-order valence-corrected chi connectivity index (χ0v) is 16.3. The Labute approximate surface area is 172 Å². The van der Waals surface area contributed by atoms with Crippen molar-refractivity contribution in [3.63, 3.8) is 0 Å². The van der Waals surface area contributed by atoms with Crippen molar-refractivity contribution < 1.29 is 18.7 Å². The third-order valence-electron chi connectivity index (χ3n) is 5.22. The van der Waals surface area contributed by atoms with E-state index >= 15 is 0 Å². The lowest BCUT2D eigenvalue weighted by Gasteiger charge is -2.31. The number of likely N-dealkylation sites (tertiary alicyclic amines) is 1. The molecule has 3 heterocycles. The van der Waals surface area contributed by atoms with Crippen molar-refractivity contribution in [3.8, 4) is 23.0 Å². The number of fused-ring (bicyclic) bond motifs is 1. The zero-order chi connectivity index (χ0) is 19.8. The molecule has 0 spiro atoms. The molecule has 0 N–H and O–H groups in total. The standard InChI is InChI=1S/C21H18ClN3O4/c22-16-6-2-1-5-15(16)21(26)25-9-3-4-14(11-25)20-24-23-19(29-20)13-7-8-17-18(10-13)28-12-27-17/h1-2,5-8,10,14H,3-4,9,11-12H2/t14-/m1/s1. The Morgan fingerprint density at radius 1 is 1.10 bits per heavy atom. The summed E-state index contributed by atoms with van der Waals surface area (Å²) in [6, 6.07) is 12.6. The lowest BCUT2D eigenvalue weighted by Crippen LogP contribution is -2.39. The Bertz CT molecular complexity index is 1070. The van der Waals surface area contributed by atoms with Gasteiger partial charge in [-0.25, -0.2) is 0 Å². The molecule has 2 aromatic carbocycles. The number of carbonyl (C=O) groups is 1. The molecular weight excluding hydrogens is 394 g/mol. The summed E-state index contributed by atoms with van der Waals surface area (Å²) in [4.78, 5) is 14.7. The summed E-state index contributed by atoms with van der Waals surface area (Å²) < 4.78 is 16.7. The van der Waals surface area contributed by atoms with Gasteiger partial charge in [0, 0.05) is 18.7 Å². The minimum Gasteiger partial charge on any atom is -0.454 e. The molecule has 1 saturated heterocycles. The van der Waals surface area contributed by atoms with Crippen LogP contribution in [-0.2, 0) is 0 Å². The Kier molecular flexibility index (Phi) is 4.60. The Balaban J connectivity index is 1.34. The van der Waals surface area contributed by atoms with Crippen molar-refractivity contribution in [1.29, 1.82) is 0 Å². The van der Waals surface area contributed by atoms with E-state index in [2.05, 4.69) is 10.2 Å². The highest BCUT2D eigenvalue weighted by molar-refractivity contribution is 6.33. The SMILES string of the molecule is O=C(c1ccccc1Cl)N1CCC[C@@H](c2nnc(-c3ccc4c(c3)OCO4)o2)C1. The summed E-state index contributed by atoms with van der Waals surface area (Å²) in [5.74, 6) is 2.24. The molecule has 0 unspecified atom stereocenters. The van der Waals surface area contributed by atoms with Crippen molar-refractivity contribution >= 4 is 17.5 Å². The van der Waals surface area contributed by atoms with E-state index in [1.54, 1.807) is 17.0 Å². The van der Waals surface area contributed by atoms with Crippen LogP contribution in [-0.4, -0.2) is 40.9 Å². The summed E-state index contributed by atoms with van der Waals surface area (Å²) >= 11 is 6.20. The van der Waals surface area contributed by atoms with Crippen LogP contribution in [0, 0.1) is 0 Å². The number of carbonyl (C=O) groups excluding carboxylic acids is 1. The van der Waals surface area contributed by atoms with Crippen LogP contribution in [0.1, 0.15) is 35.0 Å². The van der Waals surface area contributed by atoms with Crippen molar-refractivity contribution in [2.24, 2.45) is 0 Å². The number of halogens is 1. The first-order valence-electron chi connectivity index (χ1n) is 9.46. The molecule has 7 nitrogen and oxygen atoms in total. The number of piperidine rings is 1. The molecule has 8 heteroatoms. The van der Waals surface area contributed by atoms with E-state index in [-0.39, 0.29) is 18.6 Å². The second kappa shape index (κ2) is 7.40. The van der Waals surface area contributed by atoms with Gasteiger partial charge < -0.3 is 18.8 Å². The average molecular weight is 412 g/mol. The molecule has 0 aliphatic carbocycles. The lowest BCUT2D eigenvalue weighted by molar-refractivity contribution is 0.0698. The number of amides is 1. The Morgan fingerprint density at radius 2 is 1.97 bits per heavy atom. The van der Waals surface area contributed by atoms with Crippen molar-refractivity contribution in [2.75, 3.05) is 19.9 Å². The van der Waals surface area contributed by atoms with Gasteiger partial charge in [-0.15, -0.1) is 10.2 Å². The molecule has 148 valence electrons. The summed E-state index contributed by atoms with van der Waals surface area (Å²) in [6.45, 7) is 1.42. The van der Waals surface area contributed by atoms with E-state index in [9.17, 15) is 4.79 Å². The molecule has 3 aromatic rings. The van der Waals surface area contributed by atoms with Crippen LogP contribution in [0.15, 0.2) is 46.9 Å². The van der Waals surface area contributed by atoms with Gasteiger partial charge in [0.05, 0.1) is 16.5 Å². The first-order valence-corrected chi connectivity index (χ1v) is 9.84. The van der Waals surface area contributed by atoms with E-state index in [1.165, 1.54) is 0 Å². The van der Waals surface area contributed by atoms with Gasteiger partial charge >= 0.3 is 0 Å². The van der Waals surface area contributed by atoms with Gasteiger partial charge in [0.1, 0.15) is 0 Å². The predicted octanol–water partition coefficient (Wildman–Crippen LogP) is 4.14. The van der Waals surface area contributed by atoms with Gasteiger partial charge in [0.2, 0.25) is 18.6 Å². The highest BCUT2D eigenvalue weighted by Gasteiger charge is 2.30. The fourth-order valence-electron chi connectivity index (χ4n) is 3.71. The third kappa shape index (κ3) is 3.42. The van der Waals surface area contributed by atoms with Gasteiger partial charge in [0.25, 0.3) is 5.91 Å². The highest BCUT2D eigenvalue weighted by atomic mass is 35.5. The summed E-state index contributed by atoms with van der Waals surface area (Å²) in [5.41, 5.74) is 1.29. The third-order valence-corrected chi connectivity index (χ3v) is 5.55. The number of nitrogens with zero attached hydrogens (tertiary/aromatic N) is 3. The fourth-order valence-corrected chi connectivity index (χ4v) is 3.93. The minimum absolute atomic E-state index is 0.00884. The van der Waals surface area contributed by atoms with E-state index in [4.69, 9.17) is 25.5 Å². The van der Waals surface area contributed by atoms with Crippen LogP contribution in [0.5, 0.6) is 11.5 Å². The summed E-state index contributed by atoms with van der Waals surface area (Å²) in [6.07, 6.45) is 1.75. The monoisotopic (exact) mass is 411 g/mol. The van der Waals surface area contributed by atoms with Crippen LogP contribution in [0.4, 0.5) is 0 Å². The van der Waals surface area contributed by atoms with Crippen molar-refractivity contribution in [2.45, 2.75) is 18.8 Å². The first kappa shape index (κ1) is 18.0. The maximum absolute atomic E-state index is 12.9. The maximum atomic E-state index is 12.9. The zero-order valence-electron chi connectivity index (χ0n) is 15.5. The van der Waals surface area contributed by atoms with Crippen LogP contribution in [0.2, 0.25) is 5.02 Å². The molecule has 1 aromatic heterocycles. The van der Waals surface area contributed by atoms with Gasteiger partial charge in [-0.2, -0.15) is 0 Å². The van der Waals surface area contributed by atoms with Gasteiger partial charge in [-0.05, 0) is 43.2 Å². The number of hydrogen-bond donors (Lipinski definition) is 0. The molecule has 0 radical (unpaired) electrons. The van der Waals surface area contributed by atoms with Gasteiger partial charge in [0.15, 0.2) is 11.5 Å². The van der Waals surface area contributed by atoms with Crippen molar-refractivity contribution in [1.82, 2.24) is 15.1 Å². The molecule has 2 aliphatic heterocycles. The van der Waals surface area contributed by atoms with E-state index < -0.39 is 0 Å². The smallest absolute Gasteiger partial charge is 0.255 e. The second-order valence-electron chi connectivity index (χ2n) is 7.08. The number of aromatic nitrogens is 2. The van der Waals surface area contributed by atoms with E-state index in [0.717, 1.165) is 18.4 Å². The number of rotatable bonds is 3. The Morgan fingerprint density at radius 3 is 2.86 bits per heavy atom. The maximum Gasteiger partial charge on any atom is 0.255 e. The minimum atomic E-state index is -0.0733. The van der Waals surface area contributed by atoms with Crippen LogP contribution < -0.4 is 9.47 Å². The Hall–Kier alpha value is -3.06. The van der Waals surface area contributed by atoms with E-state index in [0.29, 0.717) is 47.0 Å². The fraction of sp³-hybridized carbons (Fsp3) is 0.286. The van der Waals surface area contributed by atoms with Gasteiger partial charge in [-0.3, -0.25) is 4.79 Å². The van der Waals surface area contributed by atoms with Crippen molar-refractivity contribution in [3.05, 3.63) is 58.9 Å². The number of ether oxygens (including phenoxy) is 2. The average Bonchev–Trinajstić information content (AvgIpc) is 3.43. The molecule has 1 fully saturated rings. The topological polar surface area (TPSA) is 77.7 Å². The quantitative estimate of drug-likeness (QED) is 0.644. The van der Waals surface area contributed by atoms with Crippen LogP contribution in [0.25, 0.3) is 11.5 Å². The van der Waals surface area contributed by atoms with Gasteiger partial charge in [-0.1, -0.05) is 23.7 Å². The first-order chi connectivity index (χ1) is 14.2. The molecule has 2 aliphatic rings. The molecular formula is C21H18ClN3O4. The molecule has 0 bridgehead atoms. The predicted molar refractivity (Wildman–Crippen MR) is 105 cm³/mol. The molecule has 29 heavy (non-hydrogen) atoms. The van der Waals surface area contributed by atoms with Crippen LogP contribution in [0.3, 0.4) is 0 Å². The molecule has 1 atom stereocenters. The summed E-state index contributed by atoms with van der Waals surface area (Å²) in [7, 11) is 0. The molecule has 1 amide bonds. The molecule has 0 saturated carbocycles. The number of hydrogen-bond acceptors (Lipinski definition) is 6. The number of benzene rings is 2. The summed E-state index contributed by atoms with van der Waals surface area (Å²) in [5, 5.41) is 8.89. The lowest BCUT2D eigenvalue weighted by atomic mass is 9.97. The second-order valence-corrected chi connectivity index (χ2v) is 7.49. The largest absolute Gasteiger partial charge is 0.454 e. The van der Waals surface area contributed by atoms with Crippen LogP contribution >= 0.6 is 11.6 Å². The molecule has 5 rings (SSSR count). The normalized spacial score (nSPS) is 18.1. The highest BCUT2D eigenvalue weighted by Crippen LogP contribution is 2.36.